The van der Waals surface area contributed by atoms with Crippen molar-refractivity contribution in [3.8, 4) is 17.2 Å². The maximum Gasteiger partial charge on any atom is 0.329 e. The number of ether oxygens (including phenoxy) is 3. The molecule has 0 saturated heterocycles. The summed E-state index contributed by atoms with van der Waals surface area (Å²) < 4.78 is 15.7. The molecule has 0 heterocycles. The molecule has 0 radical (unpaired) electrons. The first-order chi connectivity index (χ1) is 13.0. The molecular weight excluding hydrogens is 350 g/mol. The lowest BCUT2D eigenvalue weighted by atomic mass is 10.2. The Labute approximate surface area is 157 Å². The van der Waals surface area contributed by atoms with E-state index in [0.717, 1.165) is 5.56 Å². The molecule has 0 saturated carbocycles. The van der Waals surface area contributed by atoms with E-state index in [9.17, 15) is 9.59 Å². The molecule has 2 aromatic rings. The van der Waals surface area contributed by atoms with Gasteiger partial charge in [-0.2, -0.15) is 5.10 Å². The fraction of sp³-hybridized carbons (Fsp3) is 0.211. The predicted octanol–water partition coefficient (Wildman–Crippen LogP) is 2.11. The van der Waals surface area contributed by atoms with Crippen LogP contribution in [0.1, 0.15) is 11.1 Å². The van der Waals surface area contributed by atoms with Gasteiger partial charge in [0.2, 0.25) is 0 Å². The van der Waals surface area contributed by atoms with Gasteiger partial charge >= 0.3 is 11.8 Å². The summed E-state index contributed by atoms with van der Waals surface area (Å²) in [6.07, 6.45) is 1.33. The van der Waals surface area contributed by atoms with Crippen molar-refractivity contribution in [3.63, 3.8) is 0 Å². The fourth-order valence-electron chi connectivity index (χ4n) is 2.19. The molecule has 0 atom stereocenters. The molecule has 0 aliphatic heterocycles. The van der Waals surface area contributed by atoms with Gasteiger partial charge < -0.3 is 19.5 Å². The number of hydrogen-bond acceptors (Lipinski definition) is 6. The van der Waals surface area contributed by atoms with E-state index in [4.69, 9.17) is 14.2 Å². The van der Waals surface area contributed by atoms with Gasteiger partial charge in [-0.3, -0.25) is 9.59 Å². The molecule has 8 heteroatoms. The minimum absolute atomic E-state index is 0.438. The predicted molar refractivity (Wildman–Crippen MR) is 102 cm³/mol. The number of carbonyl (C=O) groups is 2. The van der Waals surface area contributed by atoms with Crippen LogP contribution in [0.3, 0.4) is 0 Å². The van der Waals surface area contributed by atoms with Crippen LogP contribution < -0.4 is 25.0 Å². The third-order valence-corrected chi connectivity index (χ3v) is 3.63. The Morgan fingerprint density at radius 2 is 1.52 bits per heavy atom. The summed E-state index contributed by atoms with van der Waals surface area (Å²) >= 11 is 0. The summed E-state index contributed by atoms with van der Waals surface area (Å²) in [7, 11) is 4.49. The number of amides is 2. The summed E-state index contributed by atoms with van der Waals surface area (Å²) in [6, 6.07) is 10.4. The third kappa shape index (κ3) is 5.21. The maximum absolute atomic E-state index is 11.9. The van der Waals surface area contributed by atoms with Crippen molar-refractivity contribution in [3.05, 3.63) is 47.5 Å². The van der Waals surface area contributed by atoms with E-state index >= 15 is 0 Å². The Hall–Kier alpha value is -3.55. The number of hydrogen-bond donors (Lipinski definition) is 2. The number of anilines is 1. The average Bonchev–Trinajstić information content (AvgIpc) is 2.69. The lowest BCUT2D eigenvalue weighted by Gasteiger charge is -2.12. The molecule has 8 nitrogen and oxygen atoms in total. The highest BCUT2D eigenvalue weighted by Crippen LogP contribution is 2.32. The summed E-state index contributed by atoms with van der Waals surface area (Å²) in [5, 5.41) is 6.29. The molecule has 2 amide bonds. The summed E-state index contributed by atoms with van der Waals surface area (Å²) in [4.78, 5) is 23.8. The van der Waals surface area contributed by atoms with E-state index in [1.165, 1.54) is 27.5 Å². The van der Waals surface area contributed by atoms with E-state index in [-0.39, 0.29) is 0 Å². The van der Waals surface area contributed by atoms with Crippen molar-refractivity contribution in [1.29, 1.82) is 0 Å². The zero-order valence-electron chi connectivity index (χ0n) is 15.5. The lowest BCUT2D eigenvalue weighted by molar-refractivity contribution is -0.136. The maximum atomic E-state index is 11.9. The monoisotopic (exact) mass is 371 g/mol. The Bertz CT molecular complexity index is 822. The third-order valence-electron chi connectivity index (χ3n) is 3.63. The van der Waals surface area contributed by atoms with Gasteiger partial charge in [0.15, 0.2) is 0 Å². The molecule has 0 aliphatic carbocycles. The fourth-order valence-corrected chi connectivity index (χ4v) is 2.19. The normalized spacial score (nSPS) is 10.4. The van der Waals surface area contributed by atoms with Crippen LogP contribution in [-0.2, 0) is 9.59 Å². The molecule has 2 aromatic carbocycles. The topological polar surface area (TPSA) is 98.3 Å². The number of methoxy groups -OCH3 is 3. The van der Waals surface area contributed by atoms with Crippen LogP contribution in [0.4, 0.5) is 5.69 Å². The Morgan fingerprint density at radius 1 is 0.926 bits per heavy atom. The highest BCUT2D eigenvalue weighted by Gasteiger charge is 2.14. The van der Waals surface area contributed by atoms with Crippen molar-refractivity contribution in [2.45, 2.75) is 6.92 Å². The highest BCUT2D eigenvalue weighted by atomic mass is 16.5. The van der Waals surface area contributed by atoms with E-state index in [2.05, 4.69) is 15.8 Å². The molecule has 0 unspecified atom stereocenters. The van der Waals surface area contributed by atoms with Crippen LogP contribution in [0.15, 0.2) is 41.5 Å². The zero-order valence-corrected chi connectivity index (χ0v) is 15.5. The molecular formula is C19H21N3O5. The standard InChI is InChI=1S/C19H21N3O5/c1-12-5-7-13(8-6-12)21-18(23)19(24)22-20-11-15-16(26-3)9-14(25-2)10-17(15)27-4/h5-11H,1-4H3,(H,21,23)(H,22,24)/b20-11-. The molecule has 0 bridgehead atoms. The van der Waals surface area contributed by atoms with Gasteiger partial charge in [0.05, 0.1) is 33.1 Å². The Balaban J connectivity index is 2.06. The molecule has 2 N–H and O–H groups in total. The second kappa shape index (κ2) is 9.23. The SMILES string of the molecule is COc1cc(OC)c(/C=N\NC(=O)C(=O)Nc2ccc(C)cc2)c(OC)c1. The first-order valence-electron chi connectivity index (χ1n) is 7.99. The molecule has 0 aliphatic rings. The zero-order chi connectivity index (χ0) is 19.8. The molecule has 0 aromatic heterocycles. The second-order valence-electron chi connectivity index (χ2n) is 5.46. The molecule has 142 valence electrons. The van der Waals surface area contributed by atoms with Crippen LogP contribution in [0.2, 0.25) is 0 Å². The molecule has 0 spiro atoms. The average molecular weight is 371 g/mol. The van der Waals surface area contributed by atoms with E-state index in [1.807, 2.05) is 19.1 Å². The summed E-state index contributed by atoms with van der Waals surface area (Å²) in [5.41, 5.74) is 4.22. The van der Waals surface area contributed by atoms with Gasteiger partial charge in [0.1, 0.15) is 17.2 Å². The van der Waals surface area contributed by atoms with Crippen molar-refractivity contribution >= 4 is 23.7 Å². The number of hydrazone groups is 1. The van der Waals surface area contributed by atoms with Gasteiger partial charge in [-0.15, -0.1) is 0 Å². The summed E-state index contributed by atoms with van der Waals surface area (Å²) in [5.74, 6) is -0.313. The van der Waals surface area contributed by atoms with Crippen molar-refractivity contribution < 1.29 is 23.8 Å². The second-order valence-corrected chi connectivity index (χ2v) is 5.46. The van der Waals surface area contributed by atoms with Gasteiger partial charge in [-0.25, -0.2) is 5.43 Å². The molecule has 27 heavy (non-hydrogen) atoms. The Kier molecular flexibility index (Phi) is 6.76. The van der Waals surface area contributed by atoms with E-state index in [0.29, 0.717) is 28.5 Å². The number of carbonyl (C=O) groups excluding carboxylic acids is 2. The van der Waals surface area contributed by atoms with Crippen LogP contribution >= 0.6 is 0 Å². The number of benzene rings is 2. The van der Waals surface area contributed by atoms with Crippen LogP contribution in [0, 0.1) is 6.92 Å². The Morgan fingerprint density at radius 3 is 2.04 bits per heavy atom. The van der Waals surface area contributed by atoms with E-state index in [1.54, 1.807) is 24.3 Å². The summed E-state index contributed by atoms with van der Waals surface area (Å²) in [6.45, 7) is 1.93. The van der Waals surface area contributed by atoms with Crippen LogP contribution in [0.5, 0.6) is 17.2 Å². The number of nitrogens with zero attached hydrogens (tertiary/aromatic N) is 1. The van der Waals surface area contributed by atoms with Crippen molar-refractivity contribution in [1.82, 2.24) is 5.43 Å². The number of nitrogens with one attached hydrogen (secondary N) is 2. The smallest absolute Gasteiger partial charge is 0.329 e. The largest absolute Gasteiger partial charge is 0.496 e. The van der Waals surface area contributed by atoms with Crippen molar-refractivity contribution in [2.75, 3.05) is 26.6 Å². The van der Waals surface area contributed by atoms with E-state index < -0.39 is 11.8 Å². The minimum atomic E-state index is -0.904. The van der Waals surface area contributed by atoms with Gasteiger partial charge in [-0.1, -0.05) is 17.7 Å². The highest BCUT2D eigenvalue weighted by molar-refractivity contribution is 6.39. The van der Waals surface area contributed by atoms with Crippen molar-refractivity contribution in [2.24, 2.45) is 5.10 Å². The van der Waals surface area contributed by atoms with Gasteiger partial charge in [0.25, 0.3) is 0 Å². The first-order valence-corrected chi connectivity index (χ1v) is 7.99. The molecule has 2 rings (SSSR count). The van der Waals surface area contributed by atoms with Crippen LogP contribution in [-0.4, -0.2) is 39.4 Å². The quantitative estimate of drug-likeness (QED) is 0.460. The first kappa shape index (κ1) is 19.8. The van der Waals surface area contributed by atoms with Gasteiger partial charge in [0, 0.05) is 17.8 Å². The number of rotatable bonds is 6. The van der Waals surface area contributed by atoms with Gasteiger partial charge in [-0.05, 0) is 19.1 Å². The lowest BCUT2D eigenvalue weighted by Crippen LogP contribution is -2.32. The van der Waals surface area contributed by atoms with Crippen LogP contribution in [0.25, 0.3) is 0 Å². The minimum Gasteiger partial charge on any atom is -0.496 e. The molecule has 0 fully saturated rings. The number of aryl methyl sites for hydroxylation is 1.